The molecule has 1 aromatic heterocycles. The number of aryl methyl sites for hydroxylation is 2. The molecule has 0 aliphatic rings. The van der Waals surface area contributed by atoms with Gasteiger partial charge in [-0.2, -0.15) is 0 Å². The van der Waals surface area contributed by atoms with Crippen molar-refractivity contribution in [2.75, 3.05) is 5.32 Å². The van der Waals surface area contributed by atoms with Crippen LogP contribution in [0.25, 0.3) is 0 Å². The number of benzene rings is 1. The van der Waals surface area contributed by atoms with Crippen LogP contribution in [-0.4, -0.2) is 9.97 Å². The van der Waals surface area contributed by atoms with Crippen LogP contribution in [-0.2, 0) is 5.41 Å². The summed E-state index contributed by atoms with van der Waals surface area (Å²) < 4.78 is 0. The van der Waals surface area contributed by atoms with Crippen LogP contribution in [0.3, 0.4) is 0 Å². The second-order valence-corrected chi connectivity index (χ2v) is 6.86. The summed E-state index contributed by atoms with van der Waals surface area (Å²) in [4.78, 5) is 9.06. The van der Waals surface area contributed by atoms with E-state index in [1.165, 1.54) is 11.1 Å². The fourth-order valence-electron chi connectivity index (χ4n) is 1.94. The molecule has 0 spiro atoms. The van der Waals surface area contributed by atoms with Gasteiger partial charge in [0.05, 0.1) is 0 Å². The zero-order valence-corrected chi connectivity index (χ0v) is 14.3. The van der Waals surface area contributed by atoms with Crippen molar-refractivity contribution in [2.24, 2.45) is 0 Å². The van der Waals surface area contributed by atoms with Crippen LogP contribution < -0.4 is 5.32 Å². The number of anilines is 2. The number of hydrogen-bond acceptors (Lipinski definition) is 3. The fourth-order valence-corrected chi connectivity index (χ4v) is 2.11. The number of hydrogen-bond donors (Lipinski definition) is 1. The van der Waals surface area contributed by atoms with Crippen molar-refractivity contribution in [2.45, 2.75) is 47.0 Å². The van der Waals surface area contributed by atoms with Crippen molar-refractivity contribution in [3.63, 3.8) is 0 Å². The second-order valence-electron chi connectivity index (χ2n) is 6.51. The molecule has 0 radical (unpaired) electrons. The molecule has 0 unspecified atom stereocenters. The smallest absolute Gasteiger partial charge is 0.138 e. The third-order valence-corrected chi connectivity index (χ3v) is 3.77. The lowest BCUT2D eigenvalue weighted by Gasteiger charge is -2.20. The van der Waals surface area contributed by atoms with Gasteiger partial charge in [-0.05, 0) is 38.0 Å². The Labute approximate surface area is 131 Å². The van der Waals surface area contributed by atoms with Crippen molar-refractivity contribution in [1.82, 2.24) is 9.97 Å². The fraction of sp³-hybridized carbons (Fsp3) is 0.412. The molecule has 0 saturated carbocycles. The minimum atomic E-state index is -0.143. The molecule has 0 saturated heterocycles. The van der Waals surface area contributed by atoms with Crippen LogP contribution in [0.2, 0.25) is 5.15 Å². The molecule has 3 nitrogen and oxygen atoms in total. The first-order valence-electron chi connectivity index (χ1n) is 7.07. The van der Waals surface area contributed by atoms with E-state index in [2.05, 4.69) is 68.1 Å². The van der Waals surface area contributed by atoms with Crippen LogP contribution in [0.5, 0.6) is 0 Å². The van der Waals surface area contributed by atoms with E-state index in [9.17, 15) is 0 Å². The molecule has 1 aromatic carbocycles. The van der Waals surface area contributed by atoms with Gasteiger partial charge in [-0.1, -0.05) is 44.5 Å². The third-order valence-electron chi connectivity index (χ3n) is 3.40. The number of nitrogens with zero attached hydrogens (tertiary/aromatic N) is 2. The van der Waals surface area contributed by atoms with E-state index in [1.54, 1.807) is 0 Å². The van der Waals surface area contributed by atoms with Crippen LogP contribution in [0.1, 0.15) is 43.3 Å². The van der Waals surface area contributed by atoms with Gasteiger partial charge in [0, 0.05) is 16.7 Å². The minimum Gasteiger partial charge on any atom is -0.340 e. The Bertz CT molecular complexity index is 672. The molecule has 0 atom stereocenters. The van der Waals surface area contributed by atoms with E-state index in [0.717, 1.165) is 22.9 Å². The normalized spacial score (nSPS) is 11.6. The molecule has 0 aliphatic heterocycles. The lowest BCUT2D eigenvalue weighted by Crippen LogP contribution is -2.17. The summed E-state index contributed by atoms with van der Waals surface area (Å²) in [6, 6.07) is 6.31. The summed E-state index contributed by atoms with van der Waals surface area (Å²) in [6.07, 6.45) is 0. The average molecular weight is 304 g/mol. The molecule has 1 heterocycles. The maximum Gasteiger partial charge on any atom is 0.138 e. The van der Waals surface area contributed by atoms with E-state index in [0.29, 0.717) is 5.15 Å². The van der Waals surface area contributed by atoms with Gasteiger partial charge in [0.2, 0.25) is 0 Å². The van der Waals surface area contributed by atoms with Crippen molar-refractivity contribution < 1.29 is 0 Å². The highest BCUT2D eigenvalue weighted by Gasteiger charge is 2.20. The van der Waals surface area contributed by atoms with E-state index in [-0.39, 0.29) is 5.41 Å². The van der Waals surface area contributed by atoms with E-state index >= 15 is 0 Å². The first kappa shape index (κ1) is 15.8. The first-order valence-corrected chi connectivity index (χ1v) is 7.45. The molecule has 21 heavy (non-hydrogen) atoms. The number of aromatic nitrogens is 2. The maximum absolute atomic E-state index is 6.27. The predicted octanol–water partition coefficient (Wildman–Crippen LogP) is 5.10. The van der Waals surface area contributed by atoms with Crippen LogP contribution >= 0.6 is 11.6 Å². The number of nitrogens with one attached hydrogen (secondary N) is 1. The maximum atomic E-state index is 6.27. The highest BCUT2D eigenvalue weighted by Crippen LogP contribution is 2.29. The monoisotopic (exact) mass is 303 g/mol. The molecule has 0 fully saturated rings. The predicted molar refractivity (Wildman–Crippen MR) is 89.7 cm³/mol. The largest absolute Gasteiger partial charge is 0.340 e. The quantitative estimate of drug-likeness (QED) is 0.785. The summed E-state index contributed by atoms with van der Waals surface area (Å²) in [6.45, 7) is 12.3. The van der Waals surface area contributed by atoms with Gasteiger partial charge in [0.15, 0.2) is 0 Å². The summed E-state index contributed by atoms with van der Waals surface area (Å²) >= 11 is 6.27. The van der Waals surface area contributed by atoms with Gasteiger partial charge in [-0.15, -0.1) is 0 Å². The molecule has 112 valence electrons. The van der Waals surface area contributed by atoms with Crippen LogP contribution in [0, 0.1) is 20.8 Å². The molecule has 2 aromatic rings. The Morgan fingerprint density at radius 2 is 1.71 bits per heavy atom. The Morgan fingerprint density at radius 1 is 1.05 bits per heavy atom. The molecule has 2 rings (SSSR count). The Kier molecular flexibility index (Phi) is 4.24. The number of halogens is 1. The lowest BCUT2D eigenvalue weighted by atomic mass is 9.95. The lowest BCUT2D eigenvalue weighted by molar-refractivity contribution is 0.545. The Hall–Kier alpha value is -1.61. The zero-order valence-electron chi connectivity index (χ0n) is 13.5. The highest BCUT2D eigenvalue weighted by atomic mass is 35.5. The van der Waals surface area contributed by atoms with Crippen molar-refractivity contribution in [3.05, 3.63) is 45.9 Å². The molecule has 0 aliphatic carbocycles. The summed E-state index contributed by atoms with van der Waals surface area (Å²) in [5.41, 5.74) is 4.15. The van der Waals surface area contributed by atoms with Gasteiger partial charge in [0.1, 0.15) is 16.8 Å². The van der Waals surface area contributed by atoms with Gasteiger partial charge < -0.3 is 5.32 Å². The standard InChI is InChI=1S/C17H22ClN3/c1-10-7-8-11(2)13(9-10)19-15-12(3)14(18)20-16(21-15)17(4,5)6/h7-9H,1-6H3,(H,19,20,21). The molecular formula is C17H22ClN3. The highest BCUT2D eigenvalue weighted by molar-refractivity contribution is 6.30. The van der Waals surface area contributed by atoms with Gasteiger partial charge in [-0.3, -0.25) is 0 Å². The SMILES string of the molecule is Cc1ccc(C)c(Nc2nc(C(C)(C)C)nc(Cl)c2C)c1. The van der Waals surface area contributed by atoms with E-state index < -0.39 is 0 Å². The zero-order chi connectivity index (χ0) is 15.8. The van der Waals surface area contributed by atoms with Crippen molar-refractivity contribution in [1.29, 1.82) is 0 Å². The second kappa shape index (κ2) is 5.64. The van der Waals surface area contributed by atoms with Gasteiger partial charge >= 0.3 is 0 Å². The Balaban J connectivity index is 2.49. The van der Waals surface area contributed by atoms with Crippen LogP contribution in [0.15, 0.2) is 18.2 Å². The van der Waals surface area contributed by atoms with E-state index in [1.807, 2.05) is 6.92 Å². The molecule has 0 bridgehead atoms. The minimum absolute atomic E-state index is 0.143. The summed E-state index contributed by atoms with van der Waals surface area (Å²) in [7, 11) is 0. The number of rotatable bonds is 2. The molecule has 0 amide bonds. The third kappa shape index (κ3) is 3.53. The van der Waals surface area contributed by atoms with Crippen LogP contribution in [0.4, 0.5) is 11.5 Å². The molecular weight excluding hydrogens is 282 g/mol. The van der Waals surface area contributed by atoms with Gasteiger partial charge in [-0.25, -0.2) is 9.97 Å². The molecule has 1 N–H and O–H groups in total. The molecule has 4 heteroatoms. The summed E-state index contributed by atoms with van der Waals surface area (Å²) in [5, 5.41) is 3.90. The topological polar surface area (TPSA) is 37.8 Å². The first-order chi connectivity index (χ1) is 9.68. The van der Waals surface area contributed by atoms with Crippen molar-refractivity contribution >= 4 is 23.1 Å². The average Bonchev–Trinajstić information content (AvgIpc) is 2.37. The van der Waals surface area contributed by atoms with E-state index in [4.69, 9.17) is 11.6 Å². The summed E-state index contributed by atoms with van der Waals surface area (Å²) in [5.74, 6) is 1.51. The Morgan fingerprint density at radius 3 is 2.33 bits per heavy atom. The van der Waals surface area contributed by atoms with Crippen molar-refractivity contribution in [3.8, 4) is 0 Å². The van der Waals surface area contributed by atoms with Gasteiger partial charge in [0.25, 0.3) is 0 Å².